The third-order valence-corrected chi connectivity index (χ3v) is 8.01. The van der Waals surface area contributed by atoms with Crippen molar-refractivity contribution >= 4 is 28.9 Å². The maximum Gasteiger partial charge on any atom is 0.224 e. The van der Waals surface area contributed by atoms with Gasteiger partial charge in [0.2, 0.25) is 11.8 Å². The van der Waals surface area contributed by atoms with E-state index in [0.29, 0.717) is 23.5 Å². The van der Waals surface area contributed by atoms with E-state index in [2.05, 4.69) is 15.5 Å². The number of rotatable bonds is 11. The molecule has 9 heteroatoms. The largest absolute Gasteiger partial charge is 0.397 e. The van der Waals surface area contributed by atoms with Gasteiger partial charge in [-0.1, -0.05) is 55.0 Å². The Labute approximate surface area is 253 Å². The molecule has 0 unspecified atom stereocenters. The molecule has 228 valence electrons. The first-order chi connectivity index (χ1) is 21.0. The second kappa shape index (κ2) is 15.1. The first-order valence-corrected chi connectivity index (χ1v) is 15.2. The van der Waals surface area contributed by atoms with Crippen LogP contribution >= 0.6 is 0 Å². The number of piperidine rings is 1. The van der Waals surface area contributed by atoms with Gasteiger partial charge in [0.25, 0.3) is 0 Å². The first-order valence-electron chi connectivity index (χ1n) is 15.2. The fourth-order valence-corrected chi connectivity index (χ4v) is 5.68. The summed E-state index contributed by atoms with van der Waals surface area (Å²) in [5.41, 5.74) is 10.4. The molecule has 2 amide bonds. The third kappa shape index (κ3) is 8.87. The number of aliphatic hydroxyl groups excluding tert-OH is 1. The Bertz CT molecular complexity index is 1360. The number of carbonyl (C=O) groups excluding carboxylic acids is 2. The summed E-state index contributed by atoms with van der Waals surface area (Å²) < 4.78 is 13.0. The summed E-state index contributed by atoms with van der Waals surface area (Å²) in [5, 5.41) is 15.2. The second-order valence-electron chi connectivity index (χ2n) is 11.4. The molecule has 0 radical (unpaired) electrons. The topological polar surface area (TPSA) is 126 Å². The summed E-state index contributed by atoms with van der Waals surface area (Å²) in [6.07, 6.45) is 4.54. The monoisotopic (exact) mass is 586 g/mol. The van der Waals surface area contributed by atoms with E-state index in [1.807, 2.05) is 48.5 Å². The number of anilines is 3. The van der Waals surface area contributed by atoms with Crippen molar-refractivity contribution in [3.05, 3.63) is 89.5 Å². The predicted molar refractivity (Wildman–Crippen MR) is 167 cm³/mol. The van der Waals surface area contributed by atoms with Crippen LogP contribution in [0.3, 0.4) is 0 Å². The van der Waals surface area contributed by atoms with Gasteiger partial charge in [-0.05, 0) is 67.7 Å². The Kier molecular flexibility index (Phi) is 10.8. The maximum atomic E-state index is 12.7. The SMILES string of the molecule is Nc1ccccc1NC(=O)CCCC(=O)Nc1cccc([C@@H]2O[C@H](CN3CCCCC3)C[C@H](c3ccc(CO)cc3)O2)c1. The highest BCUT2D eigenvalue weighted by atomic mass is 16.7. The molecule has 0 aromatic heterocycles. The van der Waals surface area contributed by atoms with Crippen molar-refractivity contribution in [2.45, 2.75) is 70.1 Å². The minimum Gasteiger partial charge on any atom is -0.397 e. The van der Waals surface area contributed by atoms with Gasteiger partial charge in [0.1, 0.15) is 0 Å². The lowest BCUT2D eigenvalue weighted by atomic mass is 9.99. The molecule has 5 N–H and O–H groups in total. The molecular formula is C34H42N4O5. The molecule has 0 spiro atoms. The number of carbonyl (C=O) groups is 2. The normalized spacial score (nSPS) is 20.8. The van der Waals surface area contributed by atoms with Crippen molar-refractivity contribution in [3.8, 4) is 0 Å². The van der Waals surface area contributed by atoms with Crippen LogP contribution in [-0.4, -0.2) is 47.6 Å². The van der Waals surface area contributed by atoms with Gasteiger partial charge in [-0.2, -0.15) is 0 Å². The number of nitrogens with one attached hydrogen (secondary N) is 2. The van der Waals surface area contributed by atoms with Gasteiger partial charge < -0.3 is 35.8 Å². The summed E-state index contributed by atoms with van der Waals surface area (Å²) in [5.74, 6) is -0.349. The number of benzene rings is 3. The number of ether oxygens (including phenoxy) is 2. The molecule has 9 nitrogen and oxygen atoms in total. The number of hydrogen-bond acceptors (Lipinski definition) is 7. The number of likely N-dealkylation sites (tertiary alicyclic amines) is 1. The highest BCUT2D eigenvalue weighted by Crippen LogP contribution is 2.39. The number of aliphatic hydroxyl groups is 1. The third-order valence-electron chi connectivity index (χ3n) is 8.01. The molecule has 0 aliphatic carbocycles. The van der Waals surface area contributed by atoms with E-state index in [-0.39, 0.29) is 43.5 Å². The molecule has 2 saturated heterocycles. The number of nitrogens with two attached hydrogens (primary N) is 1. The minimum absolute atomic E-state index is 0.00362. The molecule has 2 aliphatic heterocycles. The summed E-state index contributed by atoms with van der Waals surface area (Å²) >= 11 is 0. The molecule has 2 fully saturated rings. The Morgan fingerprint density at radius 2 is 1.60 bits per heavy atom. The highest BCUT2D eigenvalue weighted by molar-refractivity contribution is 5.94. The first kappa shape index (κ1) is 30.7. The maximum absolute atomic E-state index is 12.7. The van der Waals surface area contributed by atoms with E-state index in [0.717, 1.165) is 42.7 Å². The van der Waals surface area contributed by atoms with Gasteiger partial charge in [-0.25, -0.2) is 0 Å². The van der Waals surface area contributed by atoms with Crippen molar-refractivity contribution in [2.75, 3.05) is 36.0 Å². The molecule has 43 heavy (non-hydrogen) atoms. The zero-order valence-electron chi connectivity index (χ0n) is 24.5. The number of hydrogen-bond donors (Lipinski definition) is 4. The van der Waals surface area contributed by atoms with Crippen LogP contribution in [0.4, 0.5) is 17.1 Å². The average molecular weight is 587 g/mol. The van der Waals surface area contributed by atoms with Crippen LogP contribution in [0.15, 0.2) is 72.8 Å². The highest BCUT2D eigenvalue weighted by Gasteiger charge is 2.33. The van der Waals surface area contributed by atoms with Crippen LogP contribution in [0.2, 0.25) is 0 Å². The second-order valence-corrected chi connectivity index (χ2v) is 11.4. The predicted octanol–water partition coefficient (Wildman–Crippen LogP) is 5.54. The molecule has 0 saturated carbocycles. The summed E-state index contributed by atoms with van der Waals surface area (Å²) in [7, 11) is 0. The van der Waals surface area contributed by atoms with E-state index in [1.54, 1.807) is 24.3 Å². The molecule has 2 heterocycles. The van der Waals surface area contributed by atoms with E-state index >= 15 is 0 Å². The molecule has 2 aliphatic rings. The molecule has 3 aromatic rings. The quantitative estimate of drug-likeness (QED) is 0.217. The molecule has 5 rings (SSSR count). The van der Waals surface area contributed by atoms with Crippen molar-refractivity contribution < 1.29 is 24.2 Å². The number of amides is 2. The average Bonchev–Trinajstić information content (AvgIpc) is 3.03. The van der Waals surface area contributed by atoms with Crippen LogP contribution in [0.25, 0.3) is 0 Å². The van der Waals surface area contributed by atoms with E-state index in [4.69, 9.17) is 15.2 Å². The standard InChI is InChI=1S/C34H42N4O5/c35-29-10-2-3-11-30(29)37-33(41)13-7-12-32(40)36-27-9-6-8-26(20-27)34-42-28(22-38-18-4-1-5-19-38)21-31(43-34)25-16-14-24(23-39)15-17-25/h2-3,6,8-11,14-17,20,28,31,34,39H,1,4-5,7,12-13,18-19,21-23,35H2,(H,36,40)(H,37,41)/t28-,31+,34+/m0/s1. The molecule has 3 aromatic carbocycles. The zero-order valence-corrected chi connectivity index (χ0v) is 24.5. The Hall–Kier alpha value is -3.76. The van der Waals surface area contributed by atoms with Gasteiger partial charge >= 0.3 is 0 Å². The van der Waals surface area contributed by atoms with Crippen molar-refractivity contribution in [1.29, 1.82) is 0 Å². The van der Waals surface area contributed by atoms with Crippen LogP contribution in [0.1, 0.15) is 74.0 Å². The number of nitrogen functional groups attached to an aromatic ring is 1. The van der Waals surface area contributed by atoms with Crippen LogP contribution in [0.5, 0.6) is 0 Å². The van der Waals surface area contributed by atoms with Gasteiger partial charge in [-0.15, -0.1) is 0 Å². The fraction of sp³-hybridized carbons (Fsp3) is 0.412. The summed E-state index contributed by atoms with van der Waals surface area (Å²) in [6.45, 7) is 3.03. The van der Waals surface area contributed by atoms with E-state index in [9.17, 15) is 14.7 Å². The van der Waals surface area contributed by atoms with E-state index < -0.39 is 6.29 Å². The van der Waals surface area contributed by atoms with Gasteiger partial charge in [0.05, 0.1) is 30.2 Å². The lowest BCUT2D eigenvalue weighted by Crippen LogP contribution is -2.41. The van der Waals surface area contributed by atoms with Crippen molar-refractivity contribution in [3.63, 3.8) is 0 Å². The van der Waals surface area contributed by atoms with Gasteiger partial charge in [0, 0.05) is 37.1 Å². The Morgan fingerprint density at radius 1 is 0.860 bits per heavy atom. The Balaban J connectivity index is 1.19. The van der Waals surface area contributed by atoms with Crippen LogP contribution in [0, 0.1) is 0 Å². The lowest BCUT2D eigenvalue weighted by Gasteiger charge is -2.39. The van der Waals surface area contributed by atoms with Crippen LogP contribution < -0.4 is 16.4 Å². The smallest absolute Gasteiger partial charge is 0.224 e. The number of nitrogens with zero attached hydrogens (tertiary/aromatic N) is 1. The Morgan fingerprint density at radius 3 is 2.35 bits per heavy atom. The van der Waals surface area contributed by atoms with E-state index in [1.165, 1.54) is 19.3 Å². The molecule has 0 bridgehead atoms. The summed E-state index contributed by atoms with van der Waals surface area (Å²) in [6, 6.07) is 22.5. The van der Waals surface area contributed by atoms with Crippen molar-refractivity contribution in [1.82, 2.24) is 4.90 Å². The summed E-state index contributed by atoms with van der Waals surface area (Å²) in [4.78, 5) is 27.5. The zero-order chi connectivity index (χ0) is 30.0. The minimum atomic E-state index is -0.586. The number of para-hydroxylation sites is 2. The molecule has 3 atom stereocenters. The fourth-order valence-electron chi connectivity index (χ4n) is 5.68. The van der Waals surface area contributed by atoms with Crippen LogP contribution in [-0.2, 0) is 25.7 Å². The van der Waals surface area contributed by atoms with Gasteiger partial charge in [-0.3, -0.25) is 9.59 Å². The van der Waals surface area contributed by atoms with Gasteiger partial charge in [0.15, 0.2) is 6.29 Å². The molecular weight excluding hydrogens is 544 g/mol. The van der Waals surface area contributed by atoms with Crippen molar-refractivity contribution in [2.24, 2.45) is 0 Å². The lowest BCUT2D eigenvalue weighted by molar-refractivity contribution is -0.253.